The Morgan fingerprint density at radius 1 is 1.30 bits per heavy atom. The van der Waals surface area contributed by atoms with Crippen molar-refractivity contribution in [3.63, 3.8) is 0 Å². The number of carbonyl (C=O) groups is 1. The number of hydrogen-bond donors (Lipinski definition) is 2. The molecule has 0 saturated heterocycles. The van der Waals surface area contributed by atoms with E-state index in [1.807, 2.05) is 19.1 Å². The highest BCUT2D eigenvalue weighted by Gasteiger charge is 2.11. The van der Waals surface area contributed by atoms with Gasteiger partial charge in [-0.1, -0.05) is 23.7 Å². The zero-order valence-electron chi connectivity index (χ0n) is 10.7. The van der Waals surface area contributed by atoms with Gasteiger partial charge < -0.3 is 10.4 Å². The van der Waals surface area contributed by atoms with Crippen molar-refractivity contribution in [2.75, 3.05) is 5.32 Å². The van der Waals surface area contributed by atoms with Gasteiger partial charge >= 0.3 is 5.97 Å². The maximum atomic E-state index is 13.8. The van der Waals surface area contributed by atoms with Crippen molar-refractivity contribution in [3.05, 3.63) is 64.4 Å². The number of nitrogens with one attached hydrogen (secondary N) is 1. The first kappa shape index (κ1) is 14.3. The summed E-state index contributed by atoms with van der Waals surface area (Å²) >= 11 is 5.91. The van der Waals surface area contributed by atoms with E-state index in [0.717, 1.165) is 11.6 Å². The number of benzene rings is 2. The van der Waals surface area contributed by atoms with Gasteiger partial charge in [-0.2, -0.15) is 0 Å². The maximum Gasteiger partial charge on any atom is 0.335 e. The lowest BCUT2D eigenvalue weighted by atomic mass is 10.1. The fraction of sp³-hybridized carbons (Fsp3) is 0.133. The molecule has 3 nitrogen and oxygen atoms in total. The summed E-state index contributed by atoms with van der Waals surface area (Å²) in [7, 11) is 0. The van der Waals surface area contributed by atoms with Crippen LogP contribution in [-0.2, 0) is 0 Å². The molecule has 0 spiro atoms. The monoisotopic (exact) mass is 293 g/mol. The Balaban J connectivity index is 2.19. The molecule has 0 aliphatic rings. The topological polar surface area (TPSA) is 49.3 Å². The number of carboxylic acid groups (broad SMARTS) is 1. The number of carboxylic acids is 1. The molecule has 0 fully saturated rings. The van der Waals surface area contributed by atoms with Gasteiger partial charge in [0.15, 0.2) is 0 Å². The van der Waals surface area contributed by atoms with Crippen LogP contribution in [-0.4, -0.2) is 11.1 Å². The molecule has 0 aromatic heterocycles. The molecule has 0 aliphatic heterocycles. The van der Waals surface area contributed by atoms with Gasteiger partial charge in [-0.15, -0.1) is 0 Å². The van der Waals surface area contributed by atoms with Crippen molar-refractivity contribution in [1.29, 1.82) is 0 Å². The fourth-order valence-corrected chi connectivity index (χ4v) is 2.06. The van der Waals surface area contributed by atoms with Crippen molar-refractivity contribution >= 4 is 23.3 Å². The third-order valence-electron chi connectivity index (χ3n) is 2.94. The van der Waals surface area contributed by atoms with Gasteiger partial charge in [0.25, 0.3) is 0 Å². The Hall–Kier alpha value is -2.07. The van der Waals surface area contributed by atoms with Crippen LogP contribution in [0.4, 0.5) is 10.1 Å². The van der Waals surface area contributed by atoms with Gasteiger partial charge in [-0.05, 0) is 42.8 Å². The molecule has 0 saturated carbocycles. The molecule has 1 atom stereocenters. The van der Waals surface area contributed by atoms with E-state index in [1.54, 1.807) is 12.1 Å². The van der Waals surface area contributed by atoms with Gasteiger partial charge in [-0.3, -0.25) is 0 Å². The molecule has 0 heterocycles. The van der Waals surface area contributed by atoms with E-state index in [-0.39, 0.29) is 17.3 Å². The van der Waals surface area contributed by atoms with Gasteiger partial charge in [0.1, 0.15) is 5.82 Å². The summed E-state index contributed by atoms with van der Waals surface area (Å²) in [4.78, 5) is 10.7. The van der Waals surface area contributed by atoms with E-state index in [0.29, 0.717) is 5.02 Å². The zero-order chi connectivity index (χ0) is 14.7. The Labute approximate surface area is 121 Å². The second-order valence-corrected chi connectivity index (χ2v) is 4.86. The van der Waals surface area contributed by atoms with Crippen molar-refractivity contribution < 1.29 is 14.3 Å². The van der Waals surface area contributed by atoms with Crippen molar-refractivity contribution in [2.45, 2.75) is 13.0 Å². The first-order valence-electron chi connectivity index (χ1n) is 6.02. The van der Waals surface area contributed by atoms with Crippen molar-refractivity contribution in [1.82, 2.24) is 0 Å². The lowest BCUT2D eigenvalue weighted by molar-refractivity contribution is 0.0696. The molecule has 0 aliphatic carbocycles. The molecule has 2 aromatic carbocycles. The first-order chi connectivity index (χ1) is 9.47. The molecule has 0 radical (unpaired) electrons. The number of aromatic carboxylic acids is 1. The number of halogens is 2. The summed E-state index contributed by atoms with van der Waals surface area (Å²) in [6.07, 6.45) is 0. The normalized spacial score (nSPS) is 11.9. The van der Waals surface area contributed by atoms with E-state index < -0.39 is 11.8 Å². The Bertz CT molecular complexity index is 646. The van der Waals surface area contributed by atoms with Crippen LogP contribution in [0.3, 0.4) is 0 Å². The Morgan fingerprint density at radius 3 is 2.65 bits per heavy atom. The second kappa shape index (κ2) is 5.92. The van der Waals surface area contributed by atoms with Crippen molar-refractivity contribution in [3.8, 4) is 0 Å². The highest BCUT2D eigenvalue weighted by Crippen LogP contribution is 2.24. The SMILES string of the molecule is CC(Nc1ccc(C(=O)O)cc1F)c1cccc(Cl)c1. The fourth-order valence-electron chi connectivity index (χ4n) is 1.86. The predicted molar refractivity (Wildman–Crippen MR) is 76.8 cm³/mol. The molecule has 20 heavy (non-hydrogen) atoms. The third-order valence-corrected chi connectivity index (χ3v) is 3.17. The lowest BCUT2D eigenvalue weighted by Gasteiger charge is -2.16. The largest absolute Gasteiger partial charge is 0.478 e. The molecule has 1 unspecified atom stereocenters. The predicted octanol–water partition coefficient (Wildman–Crippen LogP) is 4.35. The highest BCUT2D eigenvalue weighted by atomic mass is 35.5. The Morgan fingerprint density at radius 2 is 2.05 bits per heavy atom. The minimum atomic E-state index is -1.15. The van der Waals surface area contributed by atoms with Crippen LogP contribution >= 0.6 is 11.6 Å². The van der Waals surface area contributed by atoms with E-state index in [1.165, 1.54) is 12.1 Å². The van der Waals surface area contributed by atoms with Crippen LogP contribution in [0.15, 0.2) is 42.5 Å². The Kier molecular flexibility index (Phi) is 4.25. The number of rotatable bonds is 4. The van der Waals surface area contributed by atoms with E-state index >= 15 is 0 Å². The van der Waals surface area contributed by atoms with Gasteiger partial charge in [0.05, 0.1) is 11.3 Å². The highest BCUT2D eigenvalue weighted by molar-refractivity contribution is 6.30. The molecule has 104 valence electrons. The van der Waals surface area contributed by atoms with Gasteiger partial charge in [-0.25, -0.2) is 9.18 Å². The molecule has 2 N–H and O–H groups in total. The summed E-state index contributed by atoms with van der Waals surface area (Å²) < 4.78 is 13.8. The average molecular weight is 294 g/mol. The smallest absolute Gasteiger partial charge is 0.335 e. The molecule has 5 heteroatoms. The van der Waals surface area contributed by atoms with Crippen LogP contribution in [0.2, 0.25) is 5.02 Å². The molecule has 0 amide bonds. The number of anilines is 1. The van der Waals surface area contributed by atoms with Gasteiger partial charge in [0, 0.05) is 11.1 Å². The lowest BCUT2D eigenvalue weighted by Crippen LogP contribution is -2.08. The van der Waals surface area contributed by atoms with Crippen molar-refractivity contribution in [2.24, 2.45) is 0 Å². The minimum absolute atomic E-state index is 0.0801. The van der Waals surface area contributed by atoms with Crippen LogP contribution in [0.25, 0.3) is 0 Å². The molecule has 2 rings (SSSR count). The minimum Gasteiger partial charge on any atom is -0.478 e. The maximum absolute atomic E-state index is 13.8. The molecular weight excluding hydrogens is 281 g/mol. The average Bonchev–Trinajstić information content (AvgIpc) is 2.40. The molecule has 2 aromatic rings. The summed E-state index contributed by atoms with van der Waals surface area (Å²) in [5, 5.41) is 12.4. The van der Waals surface area contributed by atoms with Gasteiger partial charge in [0.2, 0.25) is 0 Å². The van der Waals surface area contributed by atoms with E-state index in [2.05, 4.69) is 5.32 Å². The zero-order valence-corrected chi connectivity index (χ0v) is 11.5. The summed E-state index contributed by atoms with van der Waals surface area (Å²) in [5.74, 6) is -1.75. The van der Waals surface area contributed by atoms with Crippen LogP contribution in [0.1, 0.15) is 28.9 Å². The first-order valence-corrected chi connectivity index (χ1v) is 6.40. The van der Waals surface area contributed by atoms with Crippen LogP contribution < -0.4 is 5.32 Å². The van der Waals surface area contributed by atoms with E-state index in [9.17, 15) is 9.18 Å². The summed E-state index contributed by atoms with van der Waals surface area (Å²) in [5.41, 5.74) is 1.09. The summed E-state index contributed by atoms with van der Waals surface area (Å²) in [6, 6.07) is 10.9. The van der Waals surface area contributed by atoms with E-state index in [4.69, 9.17) is 16.7 Å². The quantitative estimate of drug-likeness (QED) is 0.881. The van der Waals surface area contributed by atoms with Crippen LogP contribution in [0, 0.1) is 5.82 Å². The third kappa shape index (κ3) is 3.27. The number of hydrogen-bond acceptors (Lipinski definition) is 2. The standard InChI is InChI=1S/C15H13ClFNO2/c1-9(10-3-2-4-12(16)7-10)18-14-6-5-11(15(19)20)8-13(14)17/h2-9,18H,1H3,(H,19,20). The molecule has 0 bridgehead atoms. The van der Waals surface area contributed by atoms with Crippen LogP contribution in [0.5, 0.6) is 0 Å². The second-order valence-electron chi connectivity index (χ2n) is 4.42. The summed E-state index contributed by atoms with van der Waals surface area (Å²) in [6.45, 7) is 1.87. The molecular formula is C15H13ClFNO2.